The van der Waals surface area contributed by atoms with Gasteiger partial charge in [0.25, 0.3) is 5.71 Å². The number of hydrogen-bond donors (Lipinski definition) is 1. The number of carbonyl (C=O) groups excluding carboxylic acids is 1. The molecule has 9 heteroatoms. The van der Waals surface area contributed by atoms with Crippen LogP contribution in [0.2, 0.25) is 0 Å². The summed E-state index contributed by atoms with van der Waals surface area (Å²) in [4.78, 5) is 23.2. The number of ether oxygens (including phenoxy) is 1. The molecule has 0 atom stereocenters. The van der Waals surface area contributed by atoms with Crippen molar-refractivity contribution in [1.29, 1.82) is 0 Å². The number of aromatic nitrogens is 3. The van der Waals surface area contributed by atoms with Crippen molar-refractivity contribution in [2.45, 2.75) is 26.2 Å². The van der Waals surface area contributed by atoms with E-state index in [4.69, 9.17) is 9.26 Å². The van der Waals surface area contributed by atoms with Gasteiger partial charge >= 0.3 is 0 Å². The van der Waals surface area contributed by atoms with Crippen LogP contribution in [-0.2, 0) is 9.53 Å². The lowest BCUT2D eigenvalue weighted by Gasteiger charge is -2.32. The fourth-order valence-electron chi connectivity index (χ4n) is 3.87. The van der Waals surface area contributed by atoms with Crippen LogP contribution in [0.3, 0.4) is 0 Å². The first-order valence-electron chi connectivity index (χ1n) is 10.6. The predicted octanol–water partition coefficient (Wildman–Crippen LogP) is 3.18. The van der Waals surface area contributed by atoms with Gasteiger partial charge in [-0.3, -0.25) is 4.79 Å². The first-order chi connectivity index (χ1) is 15.2. The van der Waals surface area contributed by atoms with Gasteiger partial charge in [0.15, 0.2) is 0 Å². The summed E-state index contributed by atoms with van der Waals surface area (Å²) < 4.78 is 24.4. The molecule has 8 nitrogen and oxygen atoms in total. The van der Waals surface area contributed by atoms with E-state index in [9.17, 15) is 9.18 Å². The van der Waals surface area contributed by atoms with Gasteiger partial charge in [-0.25, -0.2) is 9.37 Å². The number of rotatable bonds is 8. The van der Waals surface area contributed by atoms with Gasteiger partial charge in [0.2, 0.25) is 5.91 Å². The van der Waals surface area contributed by atoms with Gasteiger partial charge in [-0.2, -0.15) is 4.98 Å². The molecular weight excluding hydrogens is 401 g/mol. The monoisotopic (exact) mass is 427 g/mol. The van der Waals surface area contributed by atoms with Crippen molar-refractivity contribution in [3.63, 3.8) is 0 Å². The van der Waals surface area contributed by atoms with E-state index in [1.165, 1.54) is 18.5 Å². The average molecular weight is 427 g/mol. The third-order valence-corrected chi connectivity index (χ3v) is 5.48. The Morgan fingerprint density at radius 1 is 1.32 bits per heavy atom. The number of piperidine rings is 1. The Bertz CT molecular complexity index is 1030. The topological polar surface area (TPSA) is 93.4 Å². The summed E-state index contributed by atoms with van der Waals surface area (Å²) in [7, 11) is 0. The molecule has 0 bridgehead atoms. The molecule has 164 valence electrons. The van der Waals surface area contributed by atoms with Gasteiger partial charge in [0.05, 0.1) is 0 Å². The minimum Gasteiger partial charge on any atom is -0.382 e. The molecule has 0 radical (unpaired) electrons. The lowest BCUT2D eigenvalue weighted by Crippen LogP contribution is -2.41. The summed E-state index contributed by atoms with van der Waals surface area (Å²) in [6, 6.07) is 6.21. The number of hydrogen-bond acceptors (Lipinski definition) is 7. The molecule has 0 spiro atoms. The van der Waals surface area contributed by atoms with Crippen LogP contribution in [0.1, 0.15) is 26.2 Å². The van der Waals surface area contributed by atoms with Crippen molar-refractivity contribution in [2.75, 3.05) is 37.7 Å². The maximum Gasteiger partial charge on any atom is 0.263 e. The van der Waals surface area contributed by atoms with Gasteiger partial charge < -0.3 is 19.5 Å². The van der Waals surface area contributed by atoms with Crippen molar-refractivity contribution in [1.82, 2.24) is 20.4 Å². The second-order valence-corrected chi connectivity index (χ2v) is 7.52. The van der Waals surface area contributed by atoms with E-state index in [1.54, 1.807) is 12.1 Å². The molecule has 3 heterocycles. The number of benzene rings is 1. The number of fused-ring (bicyclic) bond motifs is 1. The summed E-state index contributed by atoms with van der Waals surface area (Å²) in [6.45, 7) is 5.29. The third kappa shape index (κ3) is 4.82. The van der Waals surface area contributed by atoms with Crippen molar-refractivity contribution < 1.29 is 18.4 Å². The van der Waals surface area contributed by atoms with Crippen LogP contribution >= 0.6 is 0 Å². The van der Waals surface area contributed by atoms with E-state index < -0.39 is 0 Å². The summed E-state index contributed by atoms with van der Waals surface area (Å²) in [5.41, 5.74) is 1.48. The molecule has 0 unspecified atom stereocenters. The largest absolute Gasteiger partial charge is 0.382 e. The molecule has 1 aliphatic rings. The van der Waals surface area contributed by atoms with Crippen LogP contribution in [0.5, 0.6) is 0 Å². The molecule has 3 aromatic rings. The van der Waals surface area contributed by atoms with E-state index >= 15 is 0 Å². The predicted molar refractivity (Wildman–Crippen MR) is 114 cm³/mol. The smallest absolute Gasteiger partial charge is 0.263 e. The summed E-state index contributed by atoms with van der Waals surface area (Å²) >= 11 is 0. The Balaban J connectivity index is 1.45. The van der Waals surface area contributed by atoms with Gasteiger partial charge in [0.1, 0.15) is 29.0 Å². The lowest BCUT2D eigenvalue weighted by molar-refractivity contribution is -0.125. The van der Waals surface area contributed by atoms with E-state index in [0.29, 0.717) is 61.0 Å². The molecule has 31 heavy (non-hydrogen) atoms. The van der Waals surface area contributed by atoms with Gasteiger partial charge in [-0.1, -0.05) is 17.3 Å². The van der Waals surface area contributed by atoms with Crippen LogP contribution < -0.4 is 10.2 Å². The van der Waals surface area contributed by atoms with Crippen LogP contribution in [0.4, 0.5) is 10.2 Å². The Morgan fingerprint density at radius 3 is 2.94 bits per heavy atom. The first kappa shape index (κ1) is 21.2. The Kier molecular flexibility index (Phi) is 6.71. The minimum atomic E-state index is -0.347. The zero-order valence-corrected chi connectivity index (χ0v) is 17.5. The highest BCUT2D eigenvalue weighted by Crippen LogP contribution is 2.34. The van der Waals surface area contributed by atoms with Crippen LogP contribution in [0, 0.1) is 11.7 Å². The number of nitrogens with one attached hydrogen (secondary N) is 1. The van der Waals surface area contributed by atoms with Crippen LogP contribution in [0.15, 0.2) is 35.1 Å². The molecule has 1 saturated heterocycles. The van der Waals surface area contributed by atoms with Crippen molar-refractivity contribution >= 4 is 22.8 Å². The summed E-state index contributed by atoms with van der Waals surface area (Å²) in [5.74, 6) is 0.418. The molecule has 0 saturated carbocycles. The molecule has 2 aromatic heterocycles. The molecule has 1 amide bonds. The zero-order chi connectivity index (χ0) is 21.6. The van der Waals surface area contributed by atoms with Gasteiger partial charge in [-0.05, 0) is 38.3 Å². The second-order valence-electron chi connectivity index (χ2n) is 7.52. The van der Waals surface area contributed by atoms with Crippen LogP contribution in [-0.4, -0.2) is 53.9 Å². The molecule has 1 fully saturated rings. The first-order valence-corrected chi connectivity index (χ1v) is 10.6. The lowest BCUT2D eigenvalue weighted by atomic mass is 9.95. The number of nitrogens with zero attached hydrogens (tertiary/aromatic N) is 4. The Morgan fingerprint density at radius 2 is 2.16 bits per heavy atom. The quantitative estimate of drug-likeness (QED) is 0.552. The Hall–Kier alpha value is -3.07. The molecular formula is C22H26FN5O3. The third-order valence-electron chi connectivity index (χ3n) is 5.48. The van der Waals surface area contributed by atoms with Gasteiger partial charge in [0, 0.05) is 44.3 Å². The highest BCUT2D eigenvalue weighted by atomic mass is 19.1. The van der Waals surface area contributed by atoms with E-state index in [2.05, 4.69) is 25.3 Å². The molecule has 0 aliphatic carbocycles. The molecule has 1 aliphatic heterocycles. The maximum absolute atomic E-state index is 13.7. The average Bonchev–Trinajstić information content (AvgIpc) is 3.23. The number of anilines is 1. The van der Waals surface area contributed by atoms with Gasteiger partial charge in [-0.15, -0.1) is 0 Å². The second kappa shape index (κ2) is 9.82. The number of carbonyl (C=O) groups is 1. The number of halogens is 1. The number of amides is 1. The molecule has 4 rings (SSSR count). The fraction of sp³-hybridized carbons (Fsp3) is 0.455. The zero-order valence-electron chi connectivity index (χ0n) is 17.5. The summed E-state index contributed by atoms with van der Waals surface area (Å²) in [6.07, 6.45) is 3.70. The highest BCUT2D eigenvalue weighted by Gasteiger charge is 2.28. The standard InChI is InChI=1S/C22H26FN5O3/c1-2-30-12-4-9-24-21(29)15-7-10-28(11-8-15)20-18-19(16-5-3-6-17(23)13-16)27-31-22(18)26-14-25-20/h3,5-6,13-15H,2,4,7-12H2,1H3,(H,24,29). The normalized spacial score (nSPS) is 14.8. The Labute approximate surface area is 179 Å². The van der Waals surface area contributed by atoms with Crippen molar-refractivity contribution in [3.8, 4) is 11.3 Å². The molecule has 1 aromatic carbocycles. The SMILES string of the molecule is CCOCCCNC(=O)C1CCN(c2ncnc3onc(-c4cccc(F)c4)c23)CC1. The maximum atomic E-state index is 13.7. The van der Waals surface area contributed by atoms with E-state index in [0.717, 1.165) is 19.3 Å². The fourth-order valence-corrected chi connectivity index (χ4v) is 3.87. The summed E-state index contributed by atoms with van der Waals surface area (Å²) in [5, 5.41) is 7.78. The minimum absolute atomic E-state index is 0.0224. The van der Waals surface area contributed by atoms with E-state index in [1.807, 2.05) is 6.92 Å². The molecule has 1 N–H and O–H groups in total. The highest BCUT2D eigenvalue weighted by molar-refractivity contribution is 5.98. The van der Waals surface area contributed by atoms with E-state index in [-0.39, 0.29) is 17.6 Å². The van der Waals surface area contributed by atoms with Crippen molar-refractivity contribution in [3.05, 3.63) is 36.4 Å². The van der Waals surface area contributed by atoms with Crippen LogP contribution in [0.25, 0.3) is 22.4 Å². The van der Waals surface area contributed by atoms with Crippen molar-refractivity contribution in [2.24, 2.45) is 5.92 Å².